The Kier molecular flexibility index (Phi) is 4.63. The topological polar surface area (TPSA) is 82.0 Å². The van der Waals surface area contributed by atoms with Gasteiger partial charge < -0.3 is 20.3 Å². The summed E-state index contributed by atoms with van der Waals surface area (Å²) in [5, 5.41) is 26.5. The molecular formula is C27H29IN2O4. The number of likely N-dealkylation sites (tertiary alicyclic amines) is 1. The number of piperidine rings is 1. The summed E-state index contributed by atoms with van der Waals surface area (Å²) in [6, 6.07) is 11.1. The first-order valence-corrected chi connectivity index (χ1v) is 13.5. The standard InChI is InChI=1S/C27H29IN2O4/c28-18-3-1-2-17(12-18)25(32)29-19-8-9-27(33)21-13-16-6-7-20(31)23-22(16)26(27,24(19)34-23)10-11-30(21)14-15-4-5-15/h1-3,6-7,12,15,19,21,24,31,33H,4-5,8-11,13-14H2,(H,29,32)/t19-,21-,24+,26+,27-/m1/s1/i28-2. The Balaban J connectivity index is 1.29. The zero-order valence-electron chi connectivity index (χ0n) is 19.0. The van der Waals surface area contributed by atoms with Crippen molar-refractivity contribution in [1.29, 1.82) is 0 Å². The van der Waals surface area contributed by atoms with Crippen LogP contribution in [0.15, 0.2) is 36.4 Å². The maximum atomic E-state index is 13.2. The van der Waals surface area contributed by atoms with E-state index in [2.05, 4.69) is 32.8 Å². The monoisotopic (exact) mass is 570 g/mol. The number of hydrogen-bond donors (Lipinski definition) is 3. The largest absolute Gasteiger partial charge is 0.504 e. The number of aromatic hydroxyl groups is 1. The Labute approximate surface area is 212 Å². The van der Waals surface area contributed by atoms with Gasteiger partial charge >= 0.3 is 0 Å². The van der Waals surface area contributed by atoms with Crippen LogP contribution >= 0.6 is 22.6 Å². The number of ether oxygens (including phenoxy) is 1. The van der Waals surface area contributed by atoms with Gasteiger partial charge in [-0.2, -0.15) is 0 Å². The van der Waals surface area contributed by atoms with Gasteiger partial charge in [0.1, 0.15) is 6.10 Å². The molecule has 7 rings (SSSR count). The molecule has 2 aromatic rings. The average Bonchev–Trinajstić information content (AvgIpc) is 3.56. The van der Waals surface area contributed by atoms with E-state index < -0.39 is 17.1 Å². The molecule has 2 aromatic carbocycles. The number of benzene rings is 2. The fraction of sp³-hybridized carbons (Fsp3) is 0.519. The lowest BCUT2D eigenvalue weighted by molar-refractivity contribution is -0.191. The van der Waals surface area contributed by atoms with Gasteiger partial charge in [-0.3, -0.25) is 9.69 Å². The van der Waals surface area contributed by atoms with E-state index in [-0.39, 0.29) is 23.7 Å². The number of phenolic OH excluding ortho intramolecular Hbond substituents is 1. The Bertz CT molecular complexity index is 1200. The summed E-state index contributed by atoms with van der Waals surface area (Å²) in [5.41, 5.74) is 1.26. The molecule has 3 N–H and O–H groups in total. The van der Waals surface area contributed by atoms with Crippen molar-refractivity contribution < 1.29 is 19.7 Å². The van der Waals surface area contributed by atoms with E-state index in [1.165, 1.54) is 18.4 Å². The molecule has 3 fully saturated rings. The molecule has 0 radical (unpaired) electrons. The molecule has 1 spiro atoms. The van der Waals surface area contributed by atoms with E-state index >= 15 is 0 Å². The molecule has 5 atom stereocenters. The lowest BCUT2D eigenvalue weighted by Crippen LogP contribution is -2.78. The summed E-state index contributed by atoms with van der Waals surface area (Å²) >= 11 is 2.22. The molecule has 2 saturated carbocycles. The highest BCUT2D eigenvalue weighted by molar-refractivity contribution is 14.1. The smallest absolute Gasteiger partial charge is 0.251 e. The predicted molar refractivity (Wildman–Crippen MR) is 135 cm³/mol. The van der Waals surface area contributed by atoms with E-state index in [0.29, 0.717) is 24.2 Å². The lowest BCUT2D eigenvalue weighted by Gasteiger charge is -2.64. The molecular weight excluding hydrogens is 541 g/mol. The number of carbonyl (C=O) groups excluding carboxylic acids is 1. The van der Waals surface area contributed by atoms with Crippen LogP contribution in [0.25, 0.3) is 0 Å². The first-order valence-electron chi connectivity index (χ1n) is 12.5. The first kappa shape index (κ1) is 21.4. The van der Waals surface area contributed by atoms with Crippen LogP contribution in [0.4, 0.5) is 0 Å². The second-order valence-corrected chi connectivity index (χ2v) is 12.2. The minimum absolute atomic E-state index is 0.0447. The number of halogens is 1. The molecule has 2 heterocycles. The van der Waals surface area contributed by atoms with Gasteiger partial charge in [-0.15, -0.1) is 0 Å². The highest BCUT2D eigenvalue weighted by Crippen LogP contribution is 2.65. The van der Waals surface area contributed by atoms with Crippen LogP contribution in [-0.2, 0) is 11.8 Å². The molecule has 3 aliphatic carbocycles. The second-order valence-electron chi connectivity index (χ2n) is 10.9. The van der Waals surface area contributed by atoms with Crippen molar-refractivity contribution >= 4 is 28.5 Å². The highest BCUT2D eigenvalue weighted by atomic mass is 125. The third-order valence-corrected chi connectivity index (χ3v) is 9.84. The van der Waals surface area contributed by atoms with Gasteiger partial charge in [0.25, 0.3) is 5.91 Å². The maximum absolute atomic E-state index is 13.2. The number of phenols is 1. The van der Waals surface area contributed by atoms with Crippen molar-refractivity contribution in [1.82, 2.24) is 10.2 Å². The van der Waals surface area contributed by atoms with Gasteiger partial charge in [0.15, 0.2) is 11.5 Å². The van der Waals surface area contributed by atoms with Crippen LogP contribution in [0, 0.1) is 9.49 Å². The average molecular weight is 570 g/mol. The van der Waals surface area contributed by atoms with Crippen LogP contribution in [0.3, 0.4) is 0 Å². The van der Waals surface area contributed by atoms with Crippen LogP contribution in [-0.4, -0.2) is 57.9 Å². The number of nitrogens with zero attached hydrogens (tertiary/aromatic N) is 1. The third-order valence-electron chi connectivity index (χ3n) is 9.17. The molecule has 0 aromatic heterocycles. The highest BCUT2D eigenvalue weighted by Gasteiger charge is 2.73. The van der Waals surface area contributed by atoms with E-state index in [9.17, 15) is 15.0 Å². The zero-order chi connectivity index (χ0) is 23.2. The molecule has 2 bridgehead atoms. The summed E-state index contributed by atoms with van der Waals surface area (Å²) in [5.74, 6) is 1.29. The number of aliphatic hydroxyl groups is 1. The number of nitrogens with one attached hydrogen (secondary N) is 1. The Hall–Kier alpha value is -1.84. The minimum atomic E-state index is -0.930. The fourth-order valence-corrected chi connectivity index (χ4v) is 8.05. The summed E-state index contributed by atoms with van der Waals surface area (Å²) in [4.78, 5) is 15.7. The van der Waals surface area contributed by atoms with Crippen molar-refractivity contribution in [3.8, 4) is 11.5 Å². The molecule has 2 aliphatic heterocycles. The number of amides is 1. The van der Waals surface area contributed by atoms with Crippen molar-refractivity contribution in [2.24, 2.45) is 5.92 Å². The van der Waals surface area contributed by atoms with Gasteiger partial charge in [0.05, 0.1) is 17.1 Å². The summed E-state index contributed by atoms with van der Waals surface area (Å²) in [6.07, 6.45) is 5.01. The zero-order valence-corrected chi connectivity index (χ0v) is 21.1. The SMILES string of the molecule is O=C(N[C@@H]1CC[C@@]2(O)[C@H]3Cc4ccc(O)c5c4[C@@]2(CCN3CC2CC2)[C@H]1O5)c1cccc([125I])c1. The quantitative estimate of drug-likeness (QED) is 0.492. The molecule has 178 valence electrons. The normalized spacial score (nSPS) is 35.4. The fourth-order valence-electron chi connectivity index (χ4n) is 7.51. The van der Waals surface area contributed by atoms with Gasteiger partial charge in [0.2, 0.25) is 0 Å². The van der Waals surface area contributed by atoms with Gasteiger partial charge in [-0.25, -0.2) is 0 Å². The van der Waals surface area contributed by atoms with E-state index in [1.54, 1.807) is 6.07 Å². The molecule has 6 nitrogen and oxygen atoms in total. The van der Waals surface area contributed by atoms with E-state index in [1.807, 2.05) is 30.3 Å². The number of hydrogen-bond acceptors (Lipinski definition) is 5. The molecule has 1 amide bonds. The molecule has 0 unspecified atom stereocenters. The van der Waals surface area contributed by atoms with Crippen LogP contribution < -0.4 is 10.1 Å². The van der Waals surface area contributed by atoms with Gasteiger partial charge in [-0.05, 0) is 103 Å². The summed E-state index contributed by atoms with van der Waals surface area (Å²) < 4.78 is 7.54. The van der Waals surface area contributed by atoms with Gasteiger partial charge in [-0.1, -0.05) is 12.1 Å². The Morgan fingerprint density at radius 3 is 2.85 bits per heavy atom. The first-order chi connectivity index (χ1) is 16.4. The van der Waals surface area contributed by atoms with Crippen molar-refractivity contribution in [3.05, 3.63) is 56.7 Å². The second kappa shape index (κ2) is 7.34. The predicted octanol–water partition coefficient (Wildman–Crippen LogP) is 3.36. The Morgan fingerprint density at radius 1 is 1.21 bits per heavy atom. The summed E-state index contributed by atoms with van der Waals surface area (Å²) in [6.45, 7) is 1.97. The van der Waals surface area contributed by atoms with Crippen LogP contribution in [0.2, 0.25) is 0 Å². The van der Waals surface area contributed by atoms with Crippen molar-refractivity contribution in [2.45, 2.75) is 67.7 Å². The molecule has 34 heavy (non-hydrogen) atoms. The van der Waals surface area contributed by atoms with Gasteiger partial charge in [0, 0.05) is 27.3 Å². The maximum Gasteiger partial charge on any atom is 0.251 e. The third kappa shape index (κ3) is 2.83. The molecule has 1 saturated heterocycles. The summed E-state index contributed by atoms with van der Waals surface area (Å²) in [7, 11) is 0. The van der Waals surface area contributed by atoms with Crippen molar-refractivity contribution in [2.75, 3.05) is 13.1 Å². The van der Waals surface area contributed by atoms with Crippen molar-refractivity contribution in [3.63, 3.8) is 0 Å². The molecule has 5 aliphatic rings. The van der Waals surface area contributed by atoms with Crippen LogP contribution in [0.5, 0.6) is 11.5 Å². The van der Waals surface area contributed by atoms with Crippen LogP contribution in [0.1, 0.15) is 53.6 Å². The number of carbonyl (C=O) groups is 1. The minimum Gasteiger partial charge on any atom is -0.504 e. The molecule has 7 heteroatoms. The Morgan fingerprint density at radius 2 is 2.06 bits per heavy atom. The van der Waals surface area contributed by atoms with E-state index in [0.717, 1.165) is 41.0 Å². The lowest BCUT2D eigenvalue weighted by atomic mass is 9.48. The number of rotatable bonds is 4. The van der Waals surface area contributed by atoms with E-state index in [4.69, 9.17) is 4.74 Å².